The van der Waals surface area contributed by atoms with Gasteiger partial charge in [0.1, 0.15) is 5.75 Å². The van der Waals surface area contributed by atoms with Crippen LogP contribution in [-0.4, -0.2) is 37.4 Å². The summed E-state index contributed by atoms with van der Waals surface area (Å²) in [7, 11) is 0. The molecule has 0 spiro atoms. The lowest BCUT2D eigenvalue weighted by Crippen LogP contribution is -2.39. The topological polar surface area (TPSA) is 65.9 Å². The van der Waals surface area contributed by atoms with Crippen LogP contribution >= 0.6 is 24.0 Å². The molecule has 154 valence electrons. The molecular formula is C20H26F2IN3O2. The van der Waals surface area contributed by atoms with Crippen LogP contribution in [0.25, 0.3) is 0 Å². The highest BCUT2D eigenvalue weighted by Gasteiger charge is 2.11. The molecular weight excluding hydrogens is 479 g/mol. The number of rotatable bonds is 9. The van der Waals surface area contributed by atoms with Gasteiger partial charge in [0.05, 0.1) is 13.2 Å². The van der Waals surface area contributed by atoms with Gasteiger partial charge in [-0.25, -0.2) is 4.99 Å². The molecule has 0 aliphatic heterocycles. The lowest BCUT2D eigenvalue weighted by Gasteiger charge is -2.18. The van der Waals surface area contributed by atoms with Gasteiger partial charge in [-0.05, 0) is 30.2 Å². The molecule has 0 saturated heterocycles. The smallest absolute Gasteiger partial charge is 0.387 e. The number of aliphatic hydroxyl groups is 1. The zero-order chi connectivity index (χ0) is 19.5. The highest BCUT2D eigenvalue weighted by Crippen LogP contribution is 2.17. The Morgan fingerprint density at radius 2 is 1.86 bits per heavy atom. The third-order valence-electron chi connectivity index (χ3n) is 3.89. The zero-order valence-corrected chi connectivity index (χ0v) is 18.0. The zero-order valence-electron chi connectivity index (χ0n) is 15.6. The second-order valence-electron chi connectivity index (χ2n) is 5.89. The van der Waals surface area contributed by atoms with Crippen LogP contribution in [0.3, 0.4) is 0 Å². The molecule has 5 nitrogen and oxygen atoms in total. The number of ether oxygens (including phenoxy) is 1. The summed E-state index contributed by atoms with van der Waals surface area (Å²) in [5, 5.41) is 16.0. The van der Waals surface area contributed by atoms with Crippen LogP contribution in [0.5, 0.6) is 5.75 Å². The van der Waals surface area contributed by atoms with Gasteiger partial charge in [0.2, 0.25) is 0 Å². The largest absolute Gasteiger partial charge is 0.435 e. The normalized spacial score (nSPS) is 12.2. The highest BCUT2D eigenvalue weighted by atomic mass is 127. The lowest BCUT2D eigenvalue weighted by atomic mass is 10.0. The Balaban J connectivity index is 0.00000392. The average Bonchev–Trinajstić information content (AvgIpc) is 2.67. The third kappa shape index (κ3) is 8.39. The van der Waals surface area contributed by atoms with Gasteiger partial charge < -0.3 is 20.5 Å². The highest BCUT2D eigenvalue weighted by molar-refractivity contribution is 14.0. The Hall–Kier alpha value is -1.94. The second kappa shape index (κ2) is 13.3. The van der Waals surface area contributed by atoms with E-state index in [1.54, 1.807) is 18.2 Å². The Bertz CT molecular complexity index is 718. The molecule has 0 amide bonds. The molecule has 2 aromatic rings. The van der Waals surface area contributed by atoms with Crippen LogP contribution < -0.4 is 15.4 Å². The molecule has 3 N–H and O–H groups in total. The first kappa shape index (κ1) is 24.1. The van der Waals surface area contributed by atoms with Crippen LogP contribution in [0.4, 0.5) is 8.78 Å². The van der Waals surface area contributed by atoms with Gasteiger partial charge in [-0.2, -0.15) is 8.78 Å². The van der Waals surface area contributed by atoms with Gasteiger partial charge in [0.15, 0.2) is 5.96 Å². The van der Waals surface area contributed by atoms with Crippen molar-refractivity contribution in [2.75, 3.05) is 19.7 Å². The lowest BCUT2D eigenvalue weighted by molar-refractivity contribution is -0.0498. The molecule has 0 saturated carbocycles. The Kier molecular flexibility index (Phi) is 11.4. The molecule has 0 aromatic heterocycles. The fraction of sp³-hybridized carbons (Fsp3) is 0.350. The number of nitrogens with one attached hydrogen (secondary N) is 2. The van der Waals surface area contributed by atoms with E-state index in [4.69, 9.17) is 0 Å². The summed E-state index contributed by atoms with van der Waals surface area (Å²) >= 11 is 0. The first-order chi connectivity index (χ1) is 13.1. The summed E-state index contributed by atoms with van der Waals surface area (Å²) in [5.41, 5.74) is 1.80. The maximum absolute atomic E-state index is 12.3. The predicted molar refractivity (Wildman–Crippen MR) is 118 cm³/mol. The molecule has 0 aliphatic rings. The number of nitrogens with zero attached hydrogens (tertiary/aromatic N) is 1. The maximum atomic E-state index is 12.3. The number of aliphatic imine (C=N–C) groups is 1. The number of halogens is 3. The van der Waals surface area contributed by atoms with Crippen LogP contribution in [0.15, 0.2) is 59.6 Å². The fourth-order valence-electron chi connectivity index (χ4n) is 2.57. The monoisotopic (exact) mass is 505 g/mol. The van der Waals surface area contributed by atoms with E-state index in [0.717, 1.165) is 11.1 Å². The van der Waals surface area contributed by atoms with E-state index in [1.807, 2.05) is 37.3 Å². The summed E-state index contributed by atoms with van der Waals surface area (Å²) in [4.78, 5) is 4.47. The SMILES string of the molecule is CCNC(=NCc1cccc(OC(F)F)c1)NCC(CO)c1ccccc1.I. The van der Waals surface area contributed by atoms with Crippen molar-refractivity contribution in [1.82, 2.24) is 10.6 Å². The summed E-state index contributed by atoms with van der Waals surface area (Å²) < 4.78 is 29.1. The van der Waals surface area contributed by atoms with Crippen molar-refractivity contribution >= 4 is 29.9 Å². The van der Waals surface area contributed by atoms with Crippen molar-refractivity contribution in [3.63, 3.8) is 0 Å². The number of guanidine groups is 1. The number of alkyl halides is 2. The summed E-state index contributed by atoms with van der Waals surface area (Å²) in [6.45, 7) is 0.621. The van der Waals surface area contributed by atoms with Gasteiger partial charge in [0.25, 0.3) is 0 Å². The number of aliphatic hydroxyl groups excluding tert-OH is 1. The molecule has 2 aromatic carbocycles. The predicted octanol–water partition coefficient (Wildman–Crippen LogP) is 3.74. The maximum Gasteiger partial charge on any atom is 0.387 e. The van der Waals surface area contributed by atoms with E-state index in [1.165, 1.54) is 6.07 Å². The summed E-state index contributed by atoms with van der Waals surface area (Å²) in [6, 6.07) is 16.2. The first-order valence-electron chi connectivity index (χ1n) is 8.84. The molecule has 0 heterocycles. The Morgan fingerprint density at radius 3 is 2.50 bits per heavy atom. The van der Waals surface area contributed by atoms with Crippen LogP contribution in [-0.2, 0) is 6.54 Å². The molecule has 28 heavy (non-hydrogen) atoms. The molecule has 8 heteroatoms. The Labute approximate surface area is 181 Å². The van der Waals surface area contributed by atoms with E-state index in [-0.39, 0.29) is 42.3 Å². The number of hydrogen-bond donors (Lipinski definition) is 3. The van der Waals surface area contributed by atoms with E-state index in [2.05, 4.69) is 20.4 Å². The standard InChI is InChI=1S/C20H25F2N3O2.HI/c1-2-23-20(25-13-17(14-26)16-8-4-3-5-9-16)24-12-15-7-6-10-18(11-15)27-19(21)22;/h3-11,17,19,26H,2,12-14H2,1H3,(H2,23,24,25);1H. The molecule has 1 unspecified atom stereocenters. The molecule has 0 aliphatic carbocycles. The van der Waals surface area contributed by atoms with Crippen molar-refractivity contribution in [3.05, 3.63) is 65.7 Å². The fourth-order valence-corrected chi connectivity index (χ4v) is 2.57. The van der Waals surface area contributed by atoms with Crippen molar-refractivity contribution in [1.29, 1.82) is 0 Å². The summed E-state index contributed by atoms with van der Waals surface area (Å²) in [6.07, 6.45) is 0. The quantitative estimate of drug-likeness (QED) is 0.276. The van der Waals surface area contributed by atoms with Crippen LogP contribution in [0, 0.1) is 0 Å². The minimum atomic E-state index is -2.85. The van der Waals surface area contributed by atoms with Crippen molar-refractivity contribution in [2.24, 2.45) is 4.99 Å². The van der Waals surface area contributed by atoms with Gasteiger partial charge in [-0.1, -0.05) is 42.5 Å². The van der Waals surface area contributed by atoms with E-state index >= 15 is 0 Å². The number of hydrogen-bond acceptors (Lipinski definition) is 3. The second-order valence-corrected chi connectivity index (χ2v) is 5.89. The van der Waals surface area contributed by atoms with Crippen LogP contribution in [0.1, 0.15) is 24.0 Å². The first-order valence-corrected chi connectivity index (χ1v) is 8.84. The van der Waals surface area contributed by atoms with E-state index in [0.29, 0.717) is 25.6 Å². The van der Waals surface area contributed by atoms with Crippen molar-refractivity contribution in [2.45, 2.75) is 26.0 Å². The molecule has 0 radical (unpaired) electrons. The van der Waals surface area contributed by atoms with Crippen LogP contribution in [0.2, 0.25) is 0 Å². The Morgan fingerprint density at radius 1 is 1.11 bits per heavy atom. The average molecular weight is 505 g/mol. The number of benzene rings is 2. The molecule has 0 bridgehead atoms. The molecule has 0 fully saturated rings. The van der Waals surface area contributed by atoms with Gasteiger partial charge in [0, 0.05) is 19.0 Å². The van der Waals surface area contributed by atoms with E-state index < -0.39 is 6.61 Å². The molecule has 2 rings (SSSR count). The molecule has 1 atom stereocenters. The third-order valence-corrected chi connectivity index (χ3v) is 3.89. The minimum Gasteiger partial charge on any atom is -0.435 e. The van der Waals surface area contributed by atoms with Gasteiger partial charge in [-0.15, -0.1) is 24.0 Å². The van der Waals surface area contributed by atoms with Crippen molar-refractivity contribution in [3.8, 4) is 5.75 Å². The van der Waals surface area contributed by atoms with Gasteiger partial charge >= 0.3 is 6.61 Å². The summed E-state index contributed by atoms with van der Waals surface area (Å²) in [5.74, 6) is 0.643. The minimum absolute atomic E-state index is 0. The van der Waals surface area contributed by atoms with Crippen molar-refractivity contribution < 1.29 is 18.6 Å². The van der Waals surface area contributed by atoms with E-state index in [9.17, 15) is 13.9 Å². The van der Waals surface area contributed by atoms with Gasteiger partial charge in [-0.3, -0.25) is 0 Å².